The van der Waals surface area contributed by atoms with Crippen molar-refractivity contribution >= 4 is 21.9 Å². The molecule has 3 N–H and O–H groups in total. The second-order valence-electron chi connectivity index (χ2n) is 4.09. The minimum absolute atomic E-state index is 0.232. The maximum atomic E-state index is 11.6. The van der Waals surface area contributed by atoms with Crippen molar-refractivity contribution in [3.05, 3.63) is 24.3 Å². The van der Waals surface area contributed by atoms with Crippen LogP contribution in [0.4, 0.5) is 5.69 Å². The monoisotopic (exact) mass is 288 g/mol. The summed E-state index contributed by atoms with van der Waals surface area (Å²) in [7, 11) is -3.65. The number of carboxylic acid groups (broad SMARTS) is 1. The zero-order valence-corrected chi connectivity index (χ0v) is 11.4. The molecule has 0 amide bonds. The number of benzene rings is 1. The highest BCUT2D eigenvalue weighted by atomic mass is 32.2. The number of hydrogen-bond donors (Lipinski definition) is 3. The van der Waals surface area contributed by atoms with Gasteiger partial charge in [-0.3, -0.25) is 4.72 Å². The molecular formula is C11H16N2O5S. The lowest BCUT2D eigenvalue weighted by molar-refractivity contribution is -0.139. The van der Waals surface area contributed by atoms with Crippen LogP contribution in [0, 0.1) is 0 Å². The van der Waals surface area contributed by atoms with E-state index >= 15 is 0 Å². The van der Waals surface area contributed by atoms with Crippen LogP contribution >= 0.6 is 0 Å². The Morgan fingerprint density at radius 2 is 2.11 bits per heavy atom. The molecular weight excluding hydrogens is 272 g/mol. The third kappa shape index (κ3) is 6.07. The quantitative estimate of drug-likeness (QED) is 0.688. The Morgan fingerprint density at radius 1 is 1.42 bits per heavy atom. The molecule has 1 aromatic carbocycles. The van der Waals surface area contributed by atoms with Gasteiger partial charge in [0, 0.05) is 12.1 Å². The van der Waals surface area contributed by atoms with E-state index in [1.807, 2.05) is 0 Å². The summed E-state index contributed by atoms with van der Waals surface area (Å²) in [6.45, 7) is 2.91. The van der Waals surface area contributed by atoms with Gasteiger partial charge in [0.25, 0.3) is 10.2 Å². The lowest BCUT2D eigenvalue weighted by Crippen LogP contribution is -2.35. The van der Waals surface area contributed by atoms with Crippen molar-refractivity contribution in [2.24, 2.45) is 0 Å². The molecule has 1 aromatic rings. The molecule has 0 fully saturated rings. The van der Waals surface area contributed by atoms with Crippen LogP contribution in [-0.2, 0) is 15.0 Å². The third-order valence-electron chi connectivity index (χ3n) is 1.84. The van der Waals surface area contributed by atoms with E-state index in [9.17, 15) is 13.2 Å². The summed E-state index contributed by atoms with van der Waals surface area (Å²) in [4.78, 5) is 10.4. The minimum Gasteiger partial charge on any atom is -0.482 e. The van der Waals surface area contributed by atoms with E-state index in [2.05, 4.69) is 9.44 Å². The van der Waals surface area contributed by atoms with Gasteiger partial charge >= 0.3 is 5.97 Å². The summed E-state index contributed by atoms with van der Waals surface area (Å²) in [6.07, 6.45) is 0. The van der Waals surface area contributed by atoms with Gasteiger partial charge < -0.3 is 9.84 Å². The Morgan fingerprint density at radius 3 is 2.68 bits per heavy atom. The molecule has 0 unspecified atom stereocenters. The number of ether oxygens (including phenoxy) is 1. The average Bonchev–Trinajstić information content (AvgIpc) is 2.24. The highest BCUT2D eigenvalue weighted by Gasteiger charge is 2.11. The fourth-order valence-electron chi connectivity index (χ4n) is 1.29. The third-order valence-corrected chi connectivity index (χ3v) is 3.13. The zero-order valence-electron chi connectivity index (χ0n) is 10.6. The fraction of sp³-hybridized carbons (Fsp3) is 0.364. The molecule has 7 nitrogen and oxygen atoms in total. The predicted molar refractivity (Wildman–Crippen MR) is 70.4 cm³/mol. The Balaban J connectivity index is 2.74. The Kier molecular flexibility index (Phi) is 5.13. The molecule has 0 aliphatic carbocycles. The fourth-order valence-corrected chi connectivity index (χ4v) is 2.41. The number of anilines is 1. The van der Waals surface area contributed by atoms with Gasteiger partial charge in [0.1, 0.15) is 5.75 Å². The van der Waals surface area contributed by atoms with Crippen LogP contribution in [0.15, 0.2) is 24.3 Å². The molecule has 0 bridgehead atoms. The van der Waals surface area contributed by atoms with E-state index in [1.165, 1.54) is 18.2 Å². The van der Waals surface area contributed by atoms with E-state index in [4.69, 9.17) is 9.84 Å². The number of carboxylic acids is 1. The van der Waals surface area contributed by atoms with Crippen molar-refractivity contribution < 1.29 is 23.1 Å². The minimum atomic E-state index is -3.65. The van der Waals surface area contributed by atoms with Crippen LogP contribution in [0.5, 0.6) is 5.75 Å². The standard InChI is InChI=1S/C11H16N2O5S/c1-8(2)12-19(16,17)13-9-4-3-5-10(6-9)18-7-11(14)15/h3-6,8,12-13H,7H2,1-2H3,(H,14,15). The van der Waals surface area contributed by atoms with Gasteiger partial charge in [0.15, 0.2) is 6.61 Å². The summed E-state index contributed by atoms with van der Waals surface area (Å²) in [5.74, 6) is -0.834. The summed E-state index contributed by atoms with van der Waals surface area (Å²) < 4.78 is 32.9. The molecule has 8 heteroatoms. The van der Waals surface area contributed by atoms with Crippen molar-refractivity contribution in [3.63, 3.8) is 0 Å². The number of nitrogens with one attached hydrogen (secondary N) is 2. The van der Waals surface area contributed by atoms with Crippen LogP contribution in [0.2, 0.25) is 0 Å². The molecule has 1 rings (SSSR count). The van der Waals surface area contributed by atoms with Crippen molar-refractivity contribution in [2.45, 2.75) is 19.9 Å². The molecule has 0 aliphatic heterocycles. The van der Waals surface area contributed by atoms with E-state index in [-0.39, 0.29) is 17.5 Å². The van der Waals surface area contributed by atoms with Crippen LogP contribution in [0.1, 0.15) is 13.8 Å². The highest BCUT2D eigenvalue weighted by Crippen LogP contribution is 2.18. The summed E-state index contributed by atoms with van der Waals surface area (Å²) in [6, 6.07) is 5.81. The van der Waals surface area contributed by atoms with Crippen LogP contribution < -0.4 is 14.2 Å². The molecule has 19 heavy (non-hydrogen) atoms. The first-order valence-corrected chi connectivity index (χ1v) is 7.01. The average molecular weight is 288 g/mol. The van der Waals surface area contributed by atoms with Crippen molar-refractivity contribution in [3.8, 4) is 5.75 Å². The second kappa shape index (κ2) is 6.39. The van der Waals surface area contributed by atoms with E-state index in [0.29, 0.717) is 0 Å². The van der Waals surface area contributed by atoms with Crippen molar-refractivity contribution in [2.75, 3.05) is 11.3 Å². The molecule has 106 valence electrons. The molecule has 0 spiro atoms. The van der Waals surface area contributed by atoms with Gasteiger partial charge in [-0.25, -0.2) is 4.79 Å². The number of hydrogen-bond acceptors (Lipinski definition) is 4. The molecule has 0 saturated heterocycles. The largest absolute Gasteiger partial charge is 0.482 e. The van der Waals surface area contributed by atoms with E-state index in [0.717, 1.165) is 0 Å². The van der Waals surface area contributed by atoms with Gasteiger partial charge in [-0.1, -0.05) is 6.07 Å². The maximum absolute atomic E-state index is 11.6. The van der Waals surface area contributed by atoms with Crippen LogP contribution in [-0.4, -0.2) is 32.1 Å². The predicted octanol–water partition coefficient (Wildman–Crippen LogP) is 0.805. The number of carbonyl (C=O) groups is 1. The first-order valence-electron chi connectivity index (χ1n) is 5.53. The molecule has 0 aromatic heterocycles. The summed E-state index contributed by atoms with van der Waals surface area (Å²) >= 11 is 0. The smallest absolute Gasteiger partial charge is 0.341 e. The number of rotatable bonds is 7. The summed E-state index contributed by atoms with van der Waals surface area (Å²) in [5, 5.41) is 8.48. The first kappa shape index (κ1) is 15.3. The second-order valence-corrected chi connectivity index (χ2v) is 5.53. The van der Waals surface area contributed by atoms with Crippen LogP contribution in [0.3, 0.4) is 0 Å². The molecule has 0 aliphatic rings. The lowest BCUT2D eigenvalue weighted by Gasteiger charge is -2.12. The van der Waals surface area contributed by atoms with Crippen molar-refractivity contribution in [1.29, 1.82) is 0 Å². The Bertz CT molecular complexity index is 542. The number of aliphatic carboxylic acids is 1. The normalized spacial score (nSPS) is 11.3. The molecule has 0 atom stereocenters. The van der Waals surface area contributed by atoms with Crippen LogP contribution in [0.25, 0.3) is 0 Å². The molecule has 0 saturated carbocycles. The van der Waals surface area contributed by atoms with Gasteiger partial charge in [-0.2, -0.15) is 13.1 Å². The topological polar surface area (TPSA) is 105 Å². The molecule has 0 radical (unpaired) electrons. The molecule has 0 heterocycles. The van der Waals surface area contributed by atoms with Gasteiger partial charge in [0.2, 0.25) is 0 Å². The lowest BCUT2D eigenvalue weighted by atomic mass is 10.3. The van der Waals surface area contributed by atoms with E-state index in [1.54, 1.807) is 19.9 Å². The van der Waals surface area contributed by atoms with E-state index < -0.39 is 22.8 Å². The van der Waals surface area contributed by atoms with Gasteiger partial charge in [-0.05, 0) is 26.0 Å². The summed E-state index contributed by atoms with van der Waals surface area (Å²) in [5.41, 5.74) is 0.288. The Hall–Kier alpha value is -1.80. The highest BCUT2D eigenvalue weighted by molar-refractivity contribution is 7.90. The maximum Gasteiger partial charge on any atom is 0.341 e. The Labute approximate surface area is 111 Å². The first-order chi connectivity index (χ1) is 8.78. The SMILES string of the molecule is CC(C)NS(=O)(=O)Nc1cccc(OCC(=O)O)c1. The van der Waals surface area contributed by atoms with Gasteiger partial charge in [0.05, 0.1) is 5.69 Å². The zero-order chi connectivity index (χ0) is 14.5. The van der Waals surface area contributed by atoms with Crippen molar-refractivity contribution in [1.82, 2.24) is 4.72 Å². The van der Waals surface area contributed by atoms with Gasteiger partial charge in [-0.15, -0.1) is 0 Å².